The summed E-state index contributed by atoms with van der Waals surface area (Å²) in [4.78, 5) is 23.6. The quantitative estimate of drug-likeness (QED) is 0.714. The first-order valence-electron chi connectivity index (χ1n) is 4.48. The molecule has 2 heterocycles. The van der Waals surface area contributed by atoms with Crippen molar-refractivity contribution in [2.24, 2.45) is 12.8 Å². The zero-order valence-corrected chi connectivity index (χ0v) is 8.77. The second-order valence-electron chi connectivity index (χ2n) is 3.37. The molecule has 6 heteroatoms. The van der Waals surface area contributed by atoms with Crippen molar-refractivity contribution < 1.29 is 4.79 Å². The highest BCUT2D eigenvalue weighted by Crippen LogP contribution is 2.15. The average molecular weight is 205 g/mol. The van der Waals surface area contributed by atoms with Gasteiger partial charge in [0, 0.05) is 7.05 Å². The summed E-state index contributed by atoms with van der Waals surface area (Å²) >= 11 is 0. The number of hydrogen-bond donors (Lipinski definition) is 1. The van der Waals surface area contributed by atoms with Crippen LogP contribution in [0.5, 0.6) is 0 Å². The van der Waals surface area contributed by atoms with Crippen LogP contribution in [0.1, 0.15) is 22.1 Å². The lowest BCUT2D eigenvalue weighted by atomic mass is 10.3. The second kappa shape index (κ2) is 3.01. The molecular weight excluding hydrogens is 194 g/mol. The van der Waals surface area contributed by atoms with E-state index in [2.05, 4.69) is 15.0 Å². The largest absolute Gasteiger partial charge is 0.364 e. The zero-order valence-electron chi connectivity index (χ0n) is 8.77. The second-order valence-corrected chi connectivity index (χ2v) is 3.37. The summed E-state index contributed by atoms with van der Waals surface area (Å²) in [6.07, 6.45) is 0. The van der Waals surface area contributed by atoms with Gasteiger partial charge < -0.3 is 10.3 Å². The minimum absolute atomic E-state index is 0.182. The number of nitrogens with zero attached hydrogens (tertiary/aromatic N) is 4. The van der Waals surface area contributed by atoms with E-state index in [0.717, 1.165) is 5.82 Å². The first-order chi connectivity index (χ1) is 7.00. The van der Waals surface area contributed by atoms with Crippen molar-refractivity contribution in [3.05, 3.63) is 17.3 Å². The number of primary amides is 1. The van der Waals surface area contributed by atoms with Gasteiger partial charge in [0.1, 0.15) is 17.2 Å². The predicted molar refractivity (Wildman–Crippen MR) is 54.3 cm³/mol. The molecule has 0 spiro atoms. The Kier molecular flexibility index (Phi) is 1.92. The Morgan fingerprint density at radius 3 is 2.53 bits per heavy atom. The third-order valence-corrected chi connectivity index (χ3v) is 2.29. The molecule has 0 saturated carbocycles. The summed E-state index contributed by atoms with van der Waals surface area (Å²) in [5, 5.41) is 0. The van der Waals surface area contributed by atoms with Gasteiger partial charge in [0.25, 0.3) is 5.91 Å². The van der Waals surface area contributed by atoms with Crippen LogP contribution in [0.4, 0.5) is 0 Å². The fourth-order valence-electron chi connectivity index (χ4n) is 1.45. The van der Waals surface area contributed by atoms with E-state index < -0.39 is 5.91 Å². The molecule has 2 rings (SSSR count). The summed E-state index contributed by atoms with van der Waals surface area (Å²) in [5.41, 5.74) is 6.51. The lowest BCUT2D eigenvalue weighted by molar-refractivity contribution is 0.0997. The highest BCUT2D eigenvalue weighted by atomic mass is 16.1. The molecule has 0 fully saturated rings. The highest BCUT2D eigenvalue weighted by molar-refractivity contribution is 6.01. The van der Waals surface area contributed by atoms with Crippen LogP contribution in [-0.4, -0.2) is 25.4 Å². The summed E-state index contributed by atoms with van der Waals surface area (Å²) in [6, 6.07) is 0. The molecule has 0 aromatic carbocycles. The van der Waals surface area contributed by atoms with Gasteiger partial charge in [-0.25, -0.2) is 15.0 Å². The normalized spacial score (nSPS) is 10.9. The van der Waals surface area contributed by atoms with Gasteiger partial charge in [-0.05, 0) is 13.8 Å². The van der Waals surface area contributed by atoms with Crippen LogP contribution in [-0.2, 0) is 7.05 Å². The third-order valence-electron chi connectivity index (χ3n) is 2.29. The molecule has 0 radical (unpaired) electrons. The molecule has 0 aliphatic rings. The van der Waals surface area contributed by atoms with Crippen molar-refractivity contribution in [1.82, 2.24) is 19.5 Å². The molecule has 0 aliphatic heterocycles. The van der Waals surface area contributed by atoms with Crippen LogP contribution in [0, 0.1) is 13.8 Å². The van der Waals surface area contributed by atoms with Crippen molar-refractivity contribution in [2.45, 2.75) is 13.8 Å². The Bertz CT molecular complexity index is 557. The summed E-state index contributed by atoms with van der Waals surface area (Å²) in [6.45, 7) is 3.55. The molecule has 0 aliphatic carbocycles. The van der Waals surface area contributed by atoms with E-state index in [1.54, 1.807) is 11.5 Å². The highest BCUT2D eigenvalue weighted by Gasteiger charge is 2.15. The lowest BCUT2D eigenvalue weighted by Gasteiger charge is -1.99. The molecule has 0 unspecified atom stereocenters. The number of amides is 1. The molecule has 2 N–H and O–H groups in total. The third kappa shape index (κ3) is 1.34. The maximum absolute atomic E-state index is 11.2. The maximum atomic E-state index is 11.2. The van der Waals surface area contributed by atoms with Crippen molar-refractivity contribution >= 4 is 17.1 Å². The van der Waals surface area contributed by atoms with Crippen LogP contribution in [0.15, 0.2) is 0 Å². The van der Waals surface area contributed by atoms with Gasteiger partial charge in [0.2, 0.25) is 0 Å². The van der Waals surface area contributed by atoms with Crippen molar-refractivity contribution in [1.29, 1.82) is 0 Å². The zero-order chi connectivity index (χ0) is 11.2. The monoisotopic (exact) mass is 205 g/mol. The van der Waals surface area contributed by atoms with Gasteiger partial charge >= 0.3 is 0 Å². The van der Waals surface area contributed by atoms with Gasteiger partial charge in [-0.2, -0.15) is 0 Å². The summed E-state index contributed by atoms with van der Waals surface area (Å²) in [5.74, 6) is 0.704. The molecule has 0 atom stereocenters. The van der Waals surface area contributed by atoms with Crippen molar-refractivity contribution in [3.63, 3.8) is 0 Å². The van der Waals surface area contributed by atoms with E-state index in [9.17, 15) is 4.79 Å². The lowest BCUT2D eigenvalue weighted by Crippen LogP contribution is -2.15. The van der Waals surface area contributed by atoms with Crippen LogP contribution < -0.4 is 5.73 Å². The van der Waals surface area contributed by atoms with Crippen molar-refractivity contribution in [2.75, 3.05) is 0 Å². The molecule has 1 amide bonds. The fraction of sp³-hybridized carbons (Fsp3) is 0.333. The van der Waals surface area contributed by atoms with Crippen molar-refractivity contribution in [3.8, 4) is 0 Å². The molecule has 6 nitrogen and oxygen atoms in total. The Morgan fingerprint density at radius 1 is 1.27 bits per heavy atom. The van der Waals surface area contributed by atoms with E-state index in [-0.39, 0.29) is 5.69 Å². The Balaban J connectivity index is 2.92. The van der Waals surface area contributed by atoms with Gasteiger partial charge in [0.05, 0.1) is 0 Å². The SMILES string of the molecule is Cc1nc(C(N)=O)c2nc(C)n(C)c2n1. The van der Waals surface area contributed by atoms with Crippen LogP contribution >= 0.6 is 0 Å². The Labute approximate surface area is 86.2 Å². The molecular formula is C9H11N5O. The first-order valence-corrected chi connectivity index (χ1v) is 4.48. The molecule has 15 heavy (non-hydrogen) atoms. The molecule has 0 bridgehead atoms. The predicted octanol–water partition coefficient (Wildman–Crippen LogP) is 0.0790. The van der Waals surface area contributed by atoms with Gasteiger partial charge in [-0.1, -0.05) is 0 Å². The van der Waals surface area contributed by atoms with Crippen LogP contribution in [0.25, 0.3) is 11.2 Å². The smallest absolute Gasteiger partial charge is 0.269 e. The number of carbonyl (C=O) groups excluding carboxylic acids is 1. The van der Waals surface area contributed by atoms with Gasteiger partial charge in [-0.15, -0.1) is 0 Å². The number of rotatable bonds is 1. The number of aryl methyl sites for hydroxylation is 3. The topological polar surface area (TPSA) is 86.7 Å². The average Bonchev–Trinajstić information content (AvgIpc) is 2.43. The minimum Gasteiger partial charge on any atom is -0.364 e. The summed E-state index contributed by atoms with van der Waals surface area (Å²) in [7, 11) is 1.84. The van der Waals surface area contributed by atoms with Crippen LogP contribution in [0.3, 0.4) is 0 Å². The van der Waals surface area contributed by atoms with Crippen LogP contribution in [0.2, 0.25) is 0 Å². The van der Waals surface area contributed by atoms with Gasteiger partial charge in [0.15, 0.2) is 11.3 Å². The Morgan fingerprint density at radius 2 is 1.93 bits per heavy atom. The fourth-order valence-corrected chi connectivity index (χ4v) is 1.45. The van der Waals surface area contributed by atoms with E-state index in [4.69, 9.17) is 5.73 Å². The standard InChI is InChI=1S/C9H11N5O/c1-4-11-6(8(10)15)7-9(12-4)14(3)5(2)13-7/h1-3H3,(H2,10,15). The first kappa shape index (κ1) is 9.57. The van der Waals surface area contributed by atoms with E-state index in [1.807, 2.05) is 14.0 Å². The molecule has 78 valence electrons. The van der Waals surface area contributed by atoms with E-state index >= 15 is 0 Å². The van der Waals surface area contributed by atoms with E-state index in [1.165, 1.54) is 0 Å². The molecule has 2 aromatic heterocycles. The molecule has 2 aromatic rings. The number of hydrogen-bond acceptors (Lipinski definition) is 4. The minimum atomic E-state index is -0.580. The van der Waals surface area contributed by atoms with Gasteiger partial charge in [-0.3, -0.25) is 4.79 Å². The molecule has 0 saturated heterocycles. The number of imidazole rings is 1. The maximum Gasteiger partial charge on any atom is 0.269 e. The van der Waals surface area contributed by atoms with E-state index in [0.29, 0.717) is 17.0 Å². The number of nitrogens with two attached hydrogens (primary N) is 1. The number of fused-ring (bicyclic) bond motifs is 1. The summed E-state index contributed by atoms with van der Waals surface area (Å²) < 4.78 is 1.80. The number of aromatic nitrogens is 4. The Hall–Kier alpha value is -1.98. The number of carbonyl (C=O) groups is 1.